The topological polar surface area (TPSA) is 99.9 Å². The van der Waals surface area contributed by atoms with Gasteiger partial charge in [0.1, 0.15) is 5.76 Å². The molecule has 8 nitrogen and oxygen atoms in total. The number of nitrogens with zero attached hydrogens (tertiary/aromatic N) is 2. The van der Waals surface area contributed by atoms with Crippen LogP contribution in [0.2, 0.25) is 0 Å². The summed E-state index contributed by atoms with van der Waals surface area (Å²) in [5.41, 5.74) is 0.377. The lowest BCUT2D eigenvalue weighted by atomic mass is 9.89. The van der Waals surface area contributed by atoms with Crippen LogP contribution in [0.4, 0.5) is 0 Å². The smallest absolute Gasteiger partial charge is 0.290 e. The van der Waals surface area contributed by atoms with Crippen LogP contribution in [-0.4, -0.2) is 54.3 Å². The Hall–Kier alpha value is -1.84. The molecule has 0 unspecified atom stereocenters. The molecule has 160 valence electrons. The first-order valence-corrected chi connectivity index (χ1v) is 11.4. The SMILES string of the molecule is CC(C)[C@H]1C(=O)N(S(C)(=O)=O)C2=CCN(C(=O)c3ccc(CNC4CC4)o3)[C@@H]21.Cl. The monoisotopic (exact) mass is 443 g/mol. The van der Waals surface area contributed by atoms with E-state index >= 15 is 0 Å². The van der Waals surface area contributed by atoms with Gasteiger partial charge in [-0.1, -0.05) is 13.8 Å². The molecule has 1 saturated heterocycles. The van der Waals surface area contributed by atoms with Crippen LogP contribution in [0.15, 0.2) is 28.3 Å². The Morgan fingerprint density at radius 1 is 1.31 bits per heavy atom. The van der Waals surface area contributed by atoms with Gasteiger partial charge in [-0.15, -0.1) is 12.4 Å². The van der Waals surface area contributed by atoms with Gasteiger partial charge >= 0.3 is 0 Å². The third-order valence-electron chi connectivity index (χ3n) is 5.52. The van der Waals surface area contributed by atoms with E-state index in [0.717, 1.165) is 23.4 Å². The molecule has 1 N–H and O–H groups in total. The van der Waals surface area contributed by atoms with Crippen LogP contribution in [0.5, 0.6) is 0 Å². The summed E-state index contributed by atoms with van der Waals surface area (Å²) in [7, 11) is -3.75. The van der Waals surface area contributed by atoms with Crippen molar-refractivity contribution in [1.82, 2.24) is 14.5 Å². The number of fused-ring (bicyclic) bond motifs is 1. The van der Waals surface area contributed by atoms with Gasteiger partial charge in [0.05, 0.1) is 30.5 Å². The predicted octanol–water partition coefficient (Wildman–Crippen LogP) is 1.74. The summed E-state index contributed by atoms with van der Waals surface area (Å²) in [6, 6.07) is 3.36. The lowest BCUT2D eigenvalue weighted by molar-refractivity contribution is -0.128. The van der Waals surface area contributed by atoms with Gasteiger partial charge < -0.3 is 14.6 Å². The first kappa shape index (κ1) is 21.9. The number of amides is 2. The van der Waals surface area contributed by atoms with E-state index in [-0.39, 0.29) is 36.5 Å². The maximum atomic E-state index is 13.1. The second kappa shape index (κ2) is 7.77. The van der Waals surface area contributed by atoms with Crippen LogP contribution in [-0.2, 0) is 21.4 Å². The van der Waals surface area contributed by atoms with Crippen LogP contribution in [0, 0.1) is 11.8 Å². The lowest BCUT2D eigenvalue weighted by Crippen LogP contribution is -2.42. The number of hydrogen-bond donors (Lipinski definition) is 1. The maximum absolute atomic E-state index is 13.1. The van der Waals surface area contributed by atoms with Gasteiger partial charge in [-0.25, -0.2) is 12.7 Å². The molecule has 10 heteroatoms. The second-order valence-electron chi connectivity index (χ2n) is 8.09. The Kier molecular flexibility index (Phi) is 5.86. The van der Waals surface area contributed by atoms with Crippen molar-refractivity contribution in [3.63, 3.8) is 0 Å². The highest BCUT2D eigenvalue weighted by atomic mass is 35.5. The summed E-state index contributed by atoms with van der Waals surface area (Å²) in [6.07, 6.45) is 5.00. The van der Waals surface area contributed by atoms with Crippen LogP contribution in [0.25, 0.3) is 0 Å². The molecule has 29 heavy (non-hydrogen) atoms. The number of sulfonamides is 1. The van der Waals surface area contributed by atoms with Crippen molar-refractivity contribution in [3.8, 4) is 0 Å². The first-order chi connectivity index (χ1) is 13.2. The second-order valence-corrected chi connectivity index (χ2v) is 9.92. The molecule has 3 aliphatic rings. The molecule has 1 saturated carbocycles. The minimum atomic E-state index is -3.75. The summed E-state index contributed by atoms with van der Waals surface area (Å²) in [4.78, 5) is 27.4. The van der Waals surface area contributed by atoms with Gasteiger partial charge in [-0.2, -0.15) is 0 Å². The quantitative estimate of drug-likeness (QED) is 0.718. The minimum Gasteiger partial charge on any atom is -0.455 e. The summed E-state index contributed by atoms with van der Waals surface area (Å²) in [5, 5.41) is 3.33. The number of furan rings is 1. The summed E-state index contributed by atoms with van der Waals surface area (Å²) in [6.45, 7) is 4.54. The van der Waals surface area contributed by atoms with Crippen LogP contribution < -0.4 is 5.32 Å². The van der Waals surface area contributed by atoms with E-state index in [1.54, 1.807) is 23.1 Å². The van der Waals surface area contributed by atoms with E-state index in [1.165, 1.54) is 0 Å². The molecule has 1 aromatic heterocycles. The predicted molar refractivity (Wildman–Crippen MR) is 109 cm³/mol. The van der Waals surface area contributed by atoms with Crippen molar-refractivity contribution in [3.05, 3.63) is 35.4 Å². The molecule has 0 spiro atoms. The van der Waals surface area contributed by atoms with E-state index in [9.17, 15) is 18.0 Å². The Morgan fingerprint density at radius 2 is 2.00 bits per heavy atom. The van der Waals surface area contributed by atoms with Gasteiger partial charge in [0.2, 0.25) is 15.9 Å². The molecule has 0 aromatic carbocycles. The number of hydrogen-bond acceptors (Lipinski definition) is 6. The van der Waals surface area contributed by atoms with Gasteiger partial charge in [0, 0.05) is 12.6 Å². The van der Waals surface area contributed by atoms with Gasteiger partial charge in [0.25, 0.3) is 5.91 Å². The molecule has 1 aliphatic carbocycles. The molecule has 4 rings (SSSR count). The number of halogens is 1. The molecule has 2 amide bonds. The Bertz CT molecular complexity index is 951. The average Bonchev–Trinajstić information content (AvgIpc) is 3.02. The molecule has 2 atom stereocenters. The highest BCUT2D eigenvalue weighted by molar-refractivity contribution is 7.89. The molecular weight excluding hydrogens is 418 g/mol. The normalized spacial score (nSPS) is 24.0. The molecular formula is C19H26ClN3O5S. The maximum Gasteiger partial charge on any atom is 0.290 e. The first-order valence-electron chi connectivity index (χ1n) is 9.55. The van der Waals surface area contributed by atoms with E-state index in [2.05, 4.69) is 5.32 Å². The van der Waals surface area contributed by atoms with Crippen molar-refractivity contribution >= 4 is 34.2 Å². The van der Waals surface area contributed by atoms with Crippen LogP contribution in [0.3, 0.4) is 0 Å². The summed E-state index contributed by atoms with van der Waals surface area (Å²) < 4.78 is 30.9. The van der Waals surface area contributed by atoms with Crippen molar-refractivity contribution in [2.24, 2.45) is 11.8 Å². The number of carbonyl (C=O) groups is 2. The lowest BCUT2D eigenvalue weighted by Gasteiger charge is -2.28. The fraction of sp³-hybridized carbons (Fsp3) is 0.579. The Morgan fingerprint density at radius 3 is 2.59 bits per heavy atom. The van der Waals surface area contributed by atoms with Crippen molar-refractivity contribution in [2.45, 2.75) is 45.3 Å². The van der Waals surface area contributed by atoms with Crippen LogP contribution in [0.1, 0.15) is 43.0 Å². The van der Waals surface area contributed by atoms with E-state index in [1.807, 2.05) is 13.8 Å². The highest BCUT2D eigenvalue weighted by Gasteiger charge is 2.55. The third kappa shape index (κ3) is 3.95. The van der Waals surface area contributed by atoms with Gasteiger partial charge in [-0.05, 0) is 37.0 Å². The summed E-state index contributed by atoms with van der Waals surface area (Å²) >= 11 is 0. The largest absolute Gasteiger partial charge is 0.455 e. The number of carbonyl (C=O) groups excluding carboxylic acids is 2. The van der Waals surface area contributed by atoms with Gasteiger partial charge in [-0.3, -0.25) is 9.59 Å². The fourth-order valence-electron chi connectivity index (χ4n) is 4.04. The van der Waals surface area contributed by atoms with Crippen molar-refractivity contribution < 1.29 is 22.4 Å². The van der Waals surface area contributed by atoms with E-state index in [4.69, 9.17) is 4.42 Å². The third-order valence-corrected chi connectivity index (χ3v) is 6.58. The number of nitrogens with one attached hydrogen (secondary N) is 1. The average molecular weight is 444 g/mol. The molecule has 1 aromatic rings. The van der Waals surface area contributed by atoms with E-state index < -0.39 is 27.9 Å². The van der Waals surface area contributed by atoms with Crippen LogP contribution >= 0.6 is 12.4 Å². The standard InChI is InChI=1S/C19H25N3O5S.ClH/c1-11(2)16-17-14(22(19(16)24)28(3,25)26)8-9-21(17)18(23)15-7-6-13(27-15)10-20-12-4-5-12;/h6-8,11-12,16-17,20H,4-5,9-10H2,1-3H3;1H/t16-,17+;/m1./s1. The highest BCUT2D eigenvalue weighted by Crippen LogP contribution is 2.41. The molecule has 0 radical (unpaired) electrons. The zero-order valence-electron chi connectivity index (χ0n) is 16.6. The minimum absolute atomic E-state index is 0. The number of rotatable bonds is 6. The Balaban J connectivity index is 0.00000240. The zero-order chi connectivity index (χ0) is 20.2. The molecule has 2 aliphatic heterocycles. The van der Waals surface area contributed by atoms with Crippen molar-refractivity contribution in [2.75, 3.05) is 12.8 Å². The molecule has 3 heterocycles. The van der Waals surface area contributed by atoms with Gasteiger partial charge in [0.15, 0.2) is 5.76 Å². The zero-order valence-corrected chi connectivity index (χ0v) is 18.3. The fourth-order valence-corrected chi connectivity index (χ4v) is 5.05. The van der Waals surface area contributed by atoms with E-state index in [0.29, 0.717) is 24.0 Å². The molecule has 2 fully saturated rings. The molecule has 0 bridgehead atoms. The summed E-state index contributed by atoms with van der Waals surface area (Å²) in [5.74, 6) is -0.629. The van der Waals surface area contributed by atoms with Crippen molar-refractivity contribution in [1.29, 1.82) is 0 Å². The Labute approximate surface area is 176 Å².